The lowest BCUT2D eigenvalue weighted by Gasteiger charge is -2.04. The van der Waals surface area contributed by atoms with Gasteiger partial charge in [-0.25, -0.2) is 5.43 Å². The standard InChI is InChI=1S/C24H18ClN3OS/c25-20-7-13-23(14-8-20)30-22-11-3-18(4-12-22)17-26-27-24(29)19-5-9-21(10-6-19)28-15-1-2-16-28/h1-17H,(H,27,29)/b26-17+. The molecule has 0 spiro atoms. The molecule has 148 valence electrons. The van der Waals surface area contributed by atoms with Gasteiger partial charge in [-0.15, -0.1) is 0 Å². The van der Waals surface area contributed by atoms with E-state index < -0.39 is 0 Å². The summed E-state index contributed by atoms with van der Waals surface area (Å²) in [6.07, 6.45) is 5.54. The molecule has 4 aromatic rings. The van der Waals surface area contributed by atoms with Crippen molar-refractivity contribution in [1.29, 1.82) is 0 Å². The Kier molecular flexibility index (Phi) is 6.32. The first-order valence-electron chi connectivity index (χ1n) is 9.28. The summed E-state index contributed by atoms with van der Waals surface area (Å²) in [6.45, 7) is 0. The molecule has 3 aromatic carbocycles. The maximum absolute atomic E-state index is 12.3. The number of amides is 1. The van der Waals surface area contributed by atoms with E-state index in [1.165, 1.54) is 0 Å². The maximum atomic E-state index is 12.3. The summed E-state index contributed by atoms with van der Waals surface area (Å²) >= 11 is 7.58. The molecule has 1 N–H and O–H groups in total. The number of nitrogens with zero attached hydrogens (tertiary/aromatic N) is 2. The van der Waals surface area contributed by atoms with Gasteiger partial charge in [-0.05, 0) is 78.4 Å². The molecule has 0 aliphatic heterocycles. The predicted octanol–water partition coefficient (Wildman–Crippen LogP) is 6.05. The van der Waals surface area contributed by atoms with Crippen molar-refractivity contribution in [3.63, 3.8) is 0 Å². The third-order valence-electron chi connectivity index (χ3n) is 4.34. The Morgan fingerprint density at radius 1 is 0.867 bits per heavy atom. The van der Waals surface area contributed by atoms with Crippen molar-refractivity contribution >= 4 is 35.5 Å². The van der Waals surface area contributed by atoms with E-state index in [0.29, 0.717) is 5.56 Å². The molecule has 0 atom stereocenters. The van der Waals surface area contributed by atoms with E-state index >= 15 is 0 Å². The van der Waals surface area contributed by atoms with Crippen LogP contribution >= 0.6 is 23.4 Å². The van der Waals surface area contributed by atoms with Crippen molar-refractivity contribution in [3.8, 4) is 5.69 Å². The molecule has 0 radical (unpaired) electrons. The predicted molar refractivity (Wildman–Crippen MR) is 123 cm³/mol. The lowest BCUT2D eigenvalue weighted by molar-refractivity contribution is 0.0955. The van der Waals surface area contributed by atoms with Gasteiger partial charge >= 0.3 is 0 Å². The van der Waals surface area contributed by atoms with E-state index in [9.17, 15) is 4.79 Å². The van der Waals surface area contributed by atoms with Gasteiger partial charge < -0.3 is 4.57 Å². The van der Waals surface area contributed by atoms with Crippen LogP contribution in [-0.2, 0) is 0 Å². The van der Waals surface area contributed by atoms with Crippen molar-refractivity contribution < 1.29 is 4.79 Å². The third-order valence-corrected chi connectivity index (χ3v) is 5.61. The number of hydrogen-bond donors (Lipinski definition) is 1. The van der Waals surface area contributed by atoms with Crippen LogP contribution in [0.3, 0.4) is 0 Å². The minimum Gasteiger partial charge on any atom is -0.324 e. The van der Waals surface area contributed by atoms with Crippen LogP contribution in [0.4, 0.5) is 0 Å². The second kappa shape index (κ2) is 9.48. The quantitative estimate of drug-likeness (QED) is 0.298. The Morgan fingerprint density at radius 3 is 2.10 bits per heavy atom. The Morgan fingerprint density at radius 2 is 1.47 bits per heavy atom. The average molecular weight is 432 g/mol. The van der Waals surface area contributed by atoms with E-state index in [-0.39, 0.29) is 5.91 Å². The van der Waals surface area contributed by atoms with Crippen LogP contribution in [0.5, 0.6) is 0 Å². The molecule has 0 saturated carbocycles. The Hall–Kier alpha value is -3.28. The molecule has 4 rings (SSSR count). The molecular weight excluding hydrogens is 414 g/mol. The van der Waals surface area contributed by atoms with Gasteiger partial charge in [-0.2, -0.15) is 5.10 Å². The lowest BCUT2D eigenvalue weighted by Crippen LogP contribution is -2.17. The SMILES string of the molecule is O=C(N/N=C/c1ccc(Sc2ccc(Cl)cc2)cc1)c1ccc(-n2cccc2)cc1. The van der Waals surface area contributed by atoms with Gasteiger partial charge in [-0.1, -0.05) is 35.5 Å². The van der Waals surface area contributed by atoms with Crippen molar-refractivity contribution in [1.82, 2.24) is 9.99 Å². The van der Waals surface area contributed by atoms with Gasteiger partial charge in [0.25, 0.3) is 5.91 Å². The van der Waals surface area contributed by atoms with Gasteiger partial charge in [0.15, 0.2) is 0 Å². The van der Waals surface area contributed by atoms with E-state index in [2.05, 4.69) is 10.5 Å². The number of halogens is 1. The molecular formula is C24H18ClN3OS. The second-order valence-electron chi connectivity index (χ2n) is 6.46. The molecule has 0 unspecified atom stereocenters. The Balaban J connectivity index is 1.32. The molecule has 4 nitrogen and oxygen atoms in total. The molecule has 0 bridgehead atoms. The van der Waals surface area contributed by atoms with Gasteiger partial charge in [0, 0.05) is 38.5 Å². The van der Waals surface area contributed by atoms with Gasteiger partial charge in [0.05, 0.1) is 6.21 Å². The number of benzene rings is 3. The van der Waals surface area contributed by atoms with Gasteiger partial charge in [-0.3, -0.25) is 4.79 Å². The van der Waals surface area contributed by atoms with Crippen molar-refractivity contribution in [2.24, 2.45) is 5.10 Å². The van der Waals surface area contributed by atoms with Crippen molar-refractivity contribution in [3.05, 3.63) is 113 Å². The summed E-state index contributed by atoms with van der Waals surface area (Å²) in [4.78, 5) is 14.5. The van der Waals surface area contributed by atoms with Crippen LogP contribution in [0, 0.1) is 0 Å². The molecule has 0 aliphatic carbocycles. The average Bonchev–Trinajstić information content (AvgIpc) is 3.32. The van der Waals surface area contributed by atoms with E-state index in [1.807, 2.05) is 89.8 Å². The smallest absolute Gasteiger partial charge is 0.271 e. The molecule has 0 saturated heterocycles. The first kappa shape index (κ1) is 20.0. The van der Waals surface area contributed by atoms with E-state index in [1.54, 1.807) is 30.1 Å². The van der Waals surface area contributed by atoms with Crippen molar-refractivity contribution in [2.45, 2.75) is 9.79 Å². The minimum absolute atomic E-state index is 0.250. The molecule has 30 heavy (non-hydrogen) atoms. The zero-order valence-corrected chi connectivity index (χ0v) is 17.5. The maximum Gasteiger partial charge on any atom is 0.271 e. The van der Waals surface area contributed by atoms with E-state index in [4.69, 9.17) is 11.6 Å². The molecule has 0 aliphatic rings. The number of carbonyl (C=O) groups excluding carboxylic acids is 1. The van der Waals surface area contributed by atoms with E-state index in [0.717, 1.165) is 26.1 Å². The molecule has 6 heteroatoms. The van der Waals surface area contributed by atoms with Crippen LogP contribution in [0.25, 0.3) is 5.69 Å². The molecule has 1 aromatic heterocycles. The summed E-state index contributed by atoms with van der Waals surface area (Å²) in [5.41, 5.74) is 5.02. The fourth-order valence-corrected chi connectivity index (χ4v) is 3.72. The van der Waals surface area contributed by atoms with Crippen LogP contribution in [-0.4, -0.2) is 16.7 Å². The third kappa shape index (κ3) is 5.20. The highest BCUT2D eigenvalue weighted by molar-refractivity contribution is 7.99. The minimum atomic E-state index is -0.250. The highest BCUT2D eigenvalue weighted by Gasteiger charge is 2.04. The van der Waals surface area contributed by atoms with Gasteiger partial charge in [0.2, 0.25) is 0 Å². The number of aromatic nitrogens is 1. The molecule has 0 fully saturated rings. The summed E-state index contributed by atoms with van der Waals surface area (Å²) < 4.78 is 1.98. The first-order chi connectivity index (χ1) is 14.7. The summed E-state index contributed by atoms with van der Waals surface area (Å²) in [5, 5.41) is 4.79. The highest BCUT2D eigenvalue weighted by Crippen LogP contribution is 2.28. The summed E-state index contributed by atoms with van der Waals surface area (Å²) in [5.74, 6) is -0.250. The normalized spacial score (nSPS) is 11.0. The number of hydrogen-bond acceptors (Lipinski definition) is 3. The van der Waals surface area contributed by atoms with Crippen LogP contribution < -0.4 is 5.43 Å². The lowest BCUT2D eigenvalue weighted by atomic mass is 10.2. The fourth-order valence-electron chi connectivity index (χ4n) is 2.78. The highest BCUT2D eigenvalue weighted by atomic mass is 35.5. The zero-order chi connectivity index (χ0) is 20.8. The summed E-state index contributed by atoms with van der Waals surface area (Å²) in [6, 6.07) is 27.0. The number of hydrazone groups is 1. The fraction of sp³-hybridized carbons (Fsp3) is 0. The molecule has 1 amide bonds. The largest absolute Gasteiger partial charge is 0.324 e. The summed E-state index contributed by atoms with van der Waals surface area (Å²) in [7, 11) is 0. The van der Waals surface area contributed by atoms with Crippen LogP contribution in [0.15, 0.2) is 112 Å². The topological polar surface area (TPSA) is 46.4 Å². The van der Waals surface area contributed by atoms with Crippen molar-refractivity contribution in [2.75, 3.05) is 0 Å². The second-order valence-corrected chi connectivity index (χ2v) is 8.04. The van der Waals surface area contributed by atoms with Crippen LogP contribution in [0.1, 0.15) is 15.9 Å². The van der Waals surface area contributed by atoms with Gasteiger partial charge in [0.1, 0.15) is 0 Å². The Labute approximate surface area is 184 Å². The first-order valence-corrected chi connectivity index (χ1v) is 10.5. The number of carbonyl (C=O) groups is 1. The number of rotatable bonds is 6. The Bertz CT molecular complexity index is 1140. The number of nitrogens with one attached hydrogen (secondary N) is 1. The molecule has 1 heterocycles. The zero-order valence-electron chi connectivity index (χ0n) is 15.9. The monoisotopic (exact) mass is 431 g/mol. The van der Waals surface area contributed by atoms with Crippen LogP contribution in [0.2, 0.25) is 5.02 Å².